The topological polar surface area (TPSA) is 48.0 Å². The van der Waals surface area contributed by atoms with Gasteiger partial charge in [-0.3, -0.25) is 4.79 Å². The van der Waals surface area contributed by atoms with Gasteiger partial charge in [0.05, 0.1) is 20.3 Å². The van der Waals surface area contributed by atoms with Crippen molar-refractivity contribution in [2.45, 2.75) is 6.61 Å². The normalized spacial score (nSPS) is 14.2. The van der Waals surface area contributed by atoms with Gasteiger partial charge in [-0.1, -0.05) is 12.1 Å². The van der Waals surface area contributed by atoms with Crippen LogP contribution in [0.4, 0.5) is 10.1 Å². The lowest BCUT2D eigenvalue weighted by Gasteiger charge is -2.23. The molecule has 132 valence electrons. The van der Waals surface area contributed by atoms with Crippen molar-refractivity contribution in [3.05, 3.63) is 47.8 Å². The minimum absolute atomic E-state index is 0.0353. The van der Waals surface area contributed by atoms with Crippen LogP contribution in [-0.4, -0.2) is 39.9 Å². The lowest BCUT2D eigenvalue weighted by Crippen LogP contribution is -2.35. The molecule has 1 heterocycles. The van der Waals surface area contributed by atoms with E-state index >= 15 is 0 Å². The number of methoxy groups -OCH3 is 2. The first kappa shape index (κ1) is 17.4. The maximum atomic E-state index is 13.5. The molecule has 0 bridgehead atoms. The number of hydrogen-bond donors (Lipinski definition) is 0. The molecule has 0 radical (unpaired) electrons. The van der Waals surface area contributed by atoms with Gasteiger partial charge in [0, 0.05) is 36.5 Å². The first-order chi connectivity index (χ1) is 12.1. The molecule has 5 nitrogen and oxygen atoms in total. The summed E-state index contributed by atoms with van der Waals surface area (Å²) in [6.45, 7) is 1.27. The molecule has 0 unspecified atom stereocenters. The Kier molecular flexibility index (Phi) is 5.31. The van der Waals surface area contributed by atoms with Crippen LogP contribution in [0.2, 0.25) is 0 Å². The largest absolute Gasteiger partial charge is 0.496 e. The van der Waals surface area contributed by atoms with Crippen LogP contribution in [-0.2, 0) is 20.9 Å². The van der Waals surface area contributed by atoms with E-state index < -0.39 is 0 Å². The highest BCUT2D eigenvalue weighted by atomic mass is 19.1. The lowest BCUT2D eigenvalue weighted by atomic mass is 10.0. The number of hydrogen-bond acceptors (Lipinski definition) is 4. The van der Waals surface area contributed by atoms with Gasteiger partial charge in [0.1, 0.15) is 18.2 Å². The maximum absolute atomic E-state index is 13.5. The Bertz CT molecular complexity index is 778. The molecule has 2 aromatic rings. The van der Waals surface area contributed by atoms with Crippen molar-refractivity contribution in [2.24, 2.45) is 0 Å². The van der Waals surface area contributed by atoms with Gasteiger partial charge in [0.15, 0.2) is 0 Å². The average Bonchev–Trinajstić information content (AvgIpc) is 2.77. The van der Waals surface area contributed by atoms with E-state index in [0.717, 1.165) is 22.4 Å². The number of carbonyl (C=O) groups is 1. The zero-order valence-electron chi connectivity index (χ0n) is 14.3. The molecule has 0 atom stereocenters. The molecule has 0 aliphatic carbocycles. The van der Waals surface area contributed by atoms with E-state index in [0.29, 0.717) is 25.5 Å². The summed E-state index contributed by atoms with van der Waals surface area (Å²) in [5, 5.41) is 0. The zero-order valence-corrected chi connectivity index (χ0v) is 14.3. The Labute approximate surface area is 145 Å². The molecule has 0 spiro atoms. The Morgan fingerprint density at radius 1 is 1.16 bits per heavy atom. The molecule has 2 aromatic carbocycles. The summed E-state index contributed by atoms with van der Waals surface area (Å²) in [5.41, 5.74) is 3.30. The van der Waals surface area contributed by atoms with Crippen molar-refractivity contribution in [2.75, 3.05) is 38.9 Å². The molecule has 6 heteroatoms. The standard InChI is InChI=1S/C19H20FNO4/c1-23-8-7-21-17-9-13(3-4-14(17)11-25-12-19(21)22)16-6-5-15(20)10-18(16)24-2/h3-6,9-10H,7-8,11-12H2,1-2H3. The molecular formula is C19H20FNO4. The minimum Gasteiger partial charge on any atom is -0.496 e. The second-order valence-corrected chi connectivity index (χ2v) is 5.72. The number of carbonyl (C=O) groups excluding carboxylic acids is 1. The average molecular weight is 345 g/mol. The summed E-state index contributed by atoms with van der Waals surface area (Å²) in [7, 11) is 3.10. The third-order valence-electron chi connectivity index (χ3n) is 4.15. The van der Waals surface area contributed by atoms with Crippen LogP contribution >= 0.6 is 0 Å². The van der Waals surface area contributed by atoms with Gasteiger partial charge in [-0.25, -0.2) is 4.39 Å². The fraction of sp³-hybridized carbons (Fsp3) is 0.316. The fourth-order valence-corrected chi connectivity index (χ4v) is 2.90. The van der Waals surface area contributed by atoms with E-state index in [9.17, 15) is 9.18 Å². The predicted octanol–water partition coefficient (Wildman–Crippen LogP) is 3.01. The number of fused-ring (bicyclic) bond motifs is 1. The van der Waals surface area contributed by atoms with Gasteiger partial charge in [-0.05, 0) is 23.8 Å². The molecule has 0 saturated heterocycles. The minimum atomic E-state index is -0.361. The second kappa shape index (κ2) is 7.63. The monoisotopic (exact) mass is 345 g/mol. The van der Waals surface area contributed by atoms with Crippen molar-refractivity contribution in [1.82, 2.24) is 0 Å². The van der Waals surface area contributed by atoms with Crippen molar-refractivity contribution in [3.8, 4) is 16.9 Å². The van der Waals surface area contributed by atoms with E-state index in [2.05, 4.69) is 0 Å². The number of anilines is 1. The highest BCUT2D eigenvalue weighted by Gasteiger charge is 2.23. The van der Waals surface area contributed by atoms with Gasteiger partial charge in [-0.15, -0.1) is 0 Å². The van der Waals surface area contributed by atoms with Crippen molar-refractivity contribution in [3.63, 3.8) is 0 Å². The number of amides is 1. The smallest absolute Gasteiger partial charge is 0.253 e. The third-order valence-corrected chi connectivity index (χ3v) is 4.15. The van der Waals surface area contributed by atoms with Gasteiger partial charge < -0.3 is 19.1 Å². The van der Waals surface area contributed by atoms with Crippen LogP contribution < -0.4 is 9.64 Å². The van der Waals surface area contributed by atoms with Crippen LogP contribution in [0.5, 0.6) is 5.75 Å². The summed E-state index contributed by atoms with van der Waals surface area (Å²) in [5.74, 6) is -0.0285. The molecule has 0 N–H and O–H groups in total. The van der Waals surface area contributed by atoms with Gasteiger partial charge >= 0.3 is 0 Å². The summed E-state index contributed by atoms with van der Waals surface area (Å²) in [6.07, 6.45) is 0. The van der Waals surface area contributed by atoms with E-state index in [1.54, 1.807) is 18.1 Å². The fourth-order valence-electron chi connectivity index (χ4n) is 2.90. The summed E-state index contributed by atoms with van der Waals surface area (Å²) < 4.78 is 29.3. The molecule has 25 heavy (non-hydrogen) atoms. The van der Waals surface area contributed by atoms with Crippen molar-refractivity contribution < 1.29 is 23.4 Å². The zero-order chi connectivity index (χ0) is 17.8. The Hall–Kier alpha value is -2.44. The Morgan fingerprint density at radius 2 is 2.00 bits per heavy atom. The summed E-state index contributed by atoms with van der Waals surface area (Å²) in [4.78, 5) is 14.0. The number of benzene rings is 2. The Balaban J connectivity index is 2.06. The van der Waals surface area contributed by atoms with Crippen LogP contribution in [0.25, 0.3) is 11.1 Å². The quantitative estimate of drug-likeness (QED) is 0.836. The highest BCUT2D eigenvalue weighted by molar-refractivity contribution is 5.96. The predicted molar refractivity (Wildman–Crippen MR) is 92.3 cm³/mol. The van der Waals surface area contributed by atoms with Crippen LogP contribution in [0.1, 0.15) is 5.56 Å². The SMILES string of the molecule is COCCN1C(=O)COCc2ccc(-c3ccc(F)cc3OC)cc21. The Morgan fingerprint density at radius 3 is 2.76 bits per heavy atom. The van der Waals surface area contributed by atoms with Gasteiger partial charge in [0.25, 0.3) is 5.91 Å². The number of rotatable bonds is 5. The third kappa shape index (κ3) is 3.65. The number of ether oxygens (including phenoxy) is 3. The second-order valence-electron chi connectivity index (χ2n) is 5.72. The lowest BCUT2D eigenvalue weighted by molar-refractivity contribution is -0.123. The molecule has 1 aliphatic heterocycles. The highest BCUT2D eigenvalue weighted by Crippen LogP contribution is 2.35. The summed E-state index contributed by atoms with van der Waals surface area (Å²) in [6, 6.07) is 10.2. The van der Waals surface area contributed by atoms with Crippen LogP contribution in [0, 0.1) is 5.82 Å². The van der Waals surface area contributed by atoms with Crippen molar-refractivity contribution >= 4 is 11.6 Å². The van der Waals surface area contributed by atoms with Crippen LogP contribution in [0.15, 0.2) is 36.4 Å². The van der Waals surface area contributed by atoms with Crippen molar-refractivity contribution in [1.29, 1.82) is 0 Å². The molecule has 1 amide bonds. The van der Waals surface area contributed by atoms with E-state index in [1.807, 2.05) is 18.2 Å². The van der Waals surface area contributed by atoms with Gasteiger partial charge in [-0.2, -0.15) is 0 Å². The summed E-state index contributed by atoms with van der Waals surface area (Å²) >= 11 is 0. The van der Waals surface area contributed by atoms with E-state index in [4.69, 9.17) is 14.2 Å². The number of nitrogens with zero attached hydrogens (tertiary/aromatic N) is 1. The first-order valence-electron chi connectivity index (χ1n) is 7.98. The molecule has 1 aliphatic rings. The maximum Gasteiger partial charge on any atom is 0.253 e. The molecule has 0 fully saturated rings. The van der Waals surface area contributed by atoms with E-state index in [1.165, 1.54) is 19.2 Å². The molecular weight excluding hydrogens is 325 g/mol. The molecule has 0 saturated carbocycles. The van der Waals surface area contributed by atoms with Gasteiger partial charge in [0.2, 0.25) is 0 Å². The van der Waals surface area contributed by atoms with Crippen LogP contribution in [0.3, 0.4) is 0 Å². The molecule has 3 rings (SSSR count). The van der Waals surface area contributed by atoms with E-state index in [-0.39, 0.29) is 18.3 Å². The molecule has 0 aromatic heterocycles. The first-order valence-corrected chi connectivity index (χ1v) is 7.98. The number of halogens is 1.